The molecule has 0 aliphatic rings. The third-order valence-electron chi connectivity index (χ3n) is 2.68. The number of rotatable bonds is 9. The van der Waals surface area contributed by atoms with Crippen LogP contribution in [0.15, 0.2) is 30.2 Å². The molecule has 1 amide bonds. The largest absolute Gasteiger partial charge is 0.480 e. The highest BCUT2D eigenvalue weighted by Gasteiger charge is 2.20. The van der Waals surface area contributed by atoms with Gasteiger partial charge in [-0.2, -0.15) is 0 Å². The van der Waals surface area contributed by atoms with E-state index < -0.39 is 11.2 Å². The minimum absolute atomic E-state index is 0.0528. The van der Waals surface area contributed by atoms with Gasteiger partial charge in [0, 0.05) is 11.4 Å². The third-order valence-corrected chi connectivity index (χ3v) is 4.90. The zero-order valence-electron chi connectivity index (χ0n) is 11.4. The monoisotopic (exact) mass is 313 g/mol. The summed E-state index contributed by atoms with van der Waals surface area (Å²) in [6.07, 6.45) is 2.20. The number of hydrogen-bond acceptors (Lipinski definition) is 4. The van der Waals surface area contributed by atoms with E-state index in [4.69, 9.17) is 5.11 Å². The van der Waals surface area contributed by atoms with E-state index in [0.29, 0.717) is 19.5 Å². The van der Waals surface area contributed by atoms with Gasteiger partial charge in [-0.1, -0.05) is 19.1 Å². The SMILES string of the molecule is C=CCN(Cc1cccs1)C(=O)CSC(CC)C(=O)O. The van der Waals surface area contributed by atoms with Crippen molar-refractivity contribution in [2.75, 3.05) is 12.3 Å². The van der Waals surface area contributed by atoms with E-state index in [0.717, 1.165) is 4.88 Å². The third kappa shape index (κ3) is 5.38. The lowest BCUT2D eigenvalue weighted by molar-refractivity contribution is -0.136. The molecule has 6 heteroatoms. The molecule has 1 N–H and O–H groups in total. The molecule has 0 radical (unpaired) electrons. The topological polar surface area (TPSA) is 57.6 Å². The van der Waals surface area contributed by atoms with Crippen LogP contribution < -0.4 is 0 Å². The number of hydrogen-bond donors (Lipinski definition) is 1. The maximum atomic E-state index is 12.2. The Kier molecular flexibility index (Phi) is 7.40. The standard InChI is InChI=1S/C14H19NO3S2/c1-3-7-15(9-11-6-5-8-19-11)13(16)10-20-12(4-2)14(17)18/h3,5-6,8,12H,1,4,7,9-10H2,2H3,(H,17,18). The minimum Gasteiger partial charge on any atom is -0.480 e. The van der Waals surface area contributed by atoms with Crippen LogP contribution in [0.5, 0.6) is 0 Å². The molecular formula is C14H19NO3S2. The minimum atomic E-state index is -0.862. The molecule has 1 rings (SSSR count). The number of aliphatic carboxylic acids is 1. The normalized spacial score (nSPS) is 11.8. The Morgan fingerprint density at radius 2 is 2.35 bits per heavy atom. The zero-order valence-corrected chi connectivity index (χ0v) is 13.1. The molecule has 0 saturated heterocycles. The highest BCUT2D eigenvalue weighted by molar-refractivity contribution is 8.01. The van der Waals surface area contributed by atoms with E-state index in [2.05, 4.69) is 6.58 Å². The highest BCUT2D eigenvalue weighted by Crippen LogP contribution is 2.17. The molecule has 0 spiro atoms. The Hall–Kier alpha value is -1.27. The molecule has 1 unspecified atom stereocenters. The first kappa shape index (κ1) is 16.8. The van der Waals surface area contributed by atoms with Gasteiger partial charge in [0.1, 0.15) is 5.25 Å². The molecule has 1 heterocycles. The van der Waals surface area contributed by atoms with Gasteiger partial charge in [0.05, 0.1) is 12.3 Å². The number of carboxylic acid groups (broad SMARTS) is 1. The second kappa shape index (κ2) is 8.81. The van der Waals surface area contributed by atoms with E-state index in [1.54, 1.807) is 22.3 Å². The van der Waals surface area contributed by atoms with Gasteiger partial charge in [-0.25, -0.2) is 0 Å². The molecule has 0 aliphatic heterocycles. The molecule has 20 heavy (non-hydrogen) atoms. The van der Waals surface area contributed by atoms with Crippen LogP contribution in [0.3, 0.4) is 0 Å². The summed E-state index contributed by atoms with van der Waals surface area (Å²) >= 11 is 2.78. The van der Waals surface area contributed by atoms with Crippen molar-refractivity contribution in [1.29, 1.82) is 0 Å². The van der Waals surface area contributed by atoms with Crippen molar-refractivity contribution in [2.45, 2.75) is 25.1 Å². The predicted octanol–water partition coefficient (Wildman–Crippen LogP) is 2.86. The summed E-state index contributed by atoms with van der Waals surface area (Å²) in [5.74, 6) is -0.730. The molecule has 1 aromatic rings. The van der Waals surface area contributed by atoms with Gasteiger partial charge in [-0.05, 0) is 17.9 Å². The summed E-state index contributed by atoms with van der Waals surface area (Å²) in [5.41, 5.74) is 0. The van der Waals surface area contributed by atoms with Crippen LogP contribution in [-0.4, -0.2) is 39.4 Å². The van der Waals surface area contributed by atoms with Crippen LogP contribution in [0, 0.1) is 0 Å². The van der Waals surface area contributed by atoms with Crippen molar-refractivity contribution in [2.24, 2.45) is 0 Å². The predicted molar refractivity (Wildman–Crippen MR) is 84.1 cm³/mol. The number of carboxylic acids is 1. The second-order valence-corrected chi connectivity index (χ2v) is 6.41. The Morgan fingerprint density at radius 3 is 2.85 bits per heavy atom. The lowest BCUT2D eigenvalue weighted by Crippen LogP contribution is -2.32. The van der Waals surface area contributed by atoms with Gasteiger partial charge in [-0.3, -0.25) is 9.59 Å². The van der Waals surface area contributed by atoms with Crippen LogP contribution in [-0.2, 0) is 16.1 Å². The van der Waals surface area contributed by atoms with Gasteiger partial charge >= 0.3 is 5.97 Å². The number of carbonyl (C=O) groups is 2. The molecular weight excluding hydrogens is 294 g/mol. The van der Waals surface area contributed by atoms with Gasteiger partial charge < -0.3 is 10.0 Å². The average molecular weight is 313 g/mol. The van der Waals surface area contributed by atoms with Gasteiger partial charge in [0.15, 0.2) is 0 Å². The molecule has 1 atom stereocenters. The van der Waals surface area contributed by atoms with Gasteiger partial charge in [-0.15, -0.1) is 29.7 Å². The van der Waals surface area contributed by atoms with E-state index in [9.17, 15) is 9.59 Å². The maximum Gasteiger partial charge on any atom is 0.316 e. The highest BCUT2D eigenvalue weighted by atomic mass is 32.2. The lowest BCUT2D eigenvalue weighted by Gasteiger charge is -2.21. The molecule has 0 aromatic carbocycles. The van der Waals surface area contributed by atoms with Crippen LogP contribution >= 0.6 is 23.1 Å². The van der Waals surface area contributed by atoms with Crippen molar-refractivity contribution in [3.05, 3.63) is 35.0 Å². The Morgan fingerprint density at radius 1 is 1.60 bits per heavy atom. The first-order chi connectivity index (χ1) is 9.58. The van der Waals surface area contributed by atoms with Gasteiger partial charge in [0.2, 0.25) is 5.91 Å². The Bertz CT molecular complexity index is 445. The molecule has 110 valence electrons. The first-order valence-corrected chi connectivity index (χ1v) is 8.26. The van der Waals surface area contributed by atoms with E-state index in [1.165, 1.54) is 11.8 Å². The number of carbonyl (C=O) groups excluding carboxylic acids is 1. The Labute approximate surface area is 127 Å². The summed E-state index contributed by atoms with van der Waals surface area (Å²) < 4.78 is 0. The number of thioether (sulfide) groups is 1. The van der Waals surface area contributed by atoms with Crippen LogP contribution in [0.2, 0.25) is 0 Å². The first-order valence-electron chi connectivity index (χ1n) is 6.34. The van der Waals surface area contributed by atoms with Crippen LogP contribution in [0.25, 0.3) is 0 Å². The smallest absolute Gasteiger partial charge is 0.316 e. The molecule has 1 aromatic heterocycles. The van der Waals surface area contributed by atoms with Crippen LogP contribution in [0.1, 0.15) is 18.2 Å². The summed E-state index contributed by atoms with van der Waals surface area (Å²) in [7, 11) is 0. The van der Waals surface area contributed by atoms with E-state index in [1.807, 2.05) is 24.4 Å². The summed E-state index contributed by atoms with van der Waals surface area (Å²) in [6, 6.07) is 3.93. The fourth-order valence-corrected chi connectivity index (χ4v) is 3.25. The fourth-order valence-electron chi connectivity index (χ4n) is 1.63. The van der Waals surface area contributed by atoms with E-state index >= 15 is 0 Å². The van der Waals surface area contributed by atoms with Crippen molar-refractivity contribution in [1.82, 2.24) is 4.90 Å². The summed E-state index contributed by atoms with van der Waals surface area (Å²) in [6.45, 7) is 6.49. The van der Waals surface area contributed by atoms with Gasteiger partial charge in [0.25, 0.3) is 0 Å². The summed E-state index contributed by atoms with van der Waals surface area (Å²) in [4.78, 5) is 25.9. The molecule has 0 bridgehead atoms. The summed E-state index contributed by atoms with van der Waals surface area (Å²) in [5, 5.41) is 10.4. The quantitative estimate of drug-likeness (QED) is 0.712. The lowest BCUT2D eigenvalue weighted by atomic mass is 10.3. The molecule has 0 aliphatic carbocycles. The average Bonchev–Trinajstić information content (AvgIpc) is 2.91. The number of amides is 1. The Balaban J connectivity index is 2.55. The molecule has 0 fully saturated rings. The zero-order chi connectivity index (χ0) is 15.0. The molecule has 0 saturated carbocycles. The van der Waals surface area contributed by atoms with Crippen molar-refractivity contribution >= 4 is 35.0 Å². The van der Waals surface area contributed by atoms with Crippen molar-refractivity contribution < 1.29 is 14.7 Å². The van der Waals surface area contributed by atoms with E-state index in [-0.39, 0.29) is 11.7 Å². The molecule has 4 nitrogen and oxygen atoms in total. The number of thiophene rings is 1. The van der Waals surface area contributed by atoms with Crippen LogP contribution in [0.4, 0.5) is 0 Å². The second-order valence-electron chi connectivity index (χ2n) is 4.19. The number of nitrogens with zero attached hydrogens (tertiary/aromatic N) is 1. The van der Waals surface area contributed by atoms with Crippen molar-refractivity contribution in [3.63, 3.8) is 0 Å². The maximum absolute atomic E-state index is 12.2. The van der Waals surface area contributed by atoms with Crippen molar-refractivity contribution in [3.8, 4) is 0 Å². The fraction of sp³-hybridized carbons (Fsp3) is 0.429.